The first-order valence-electron chi connectivity index (χ1n) is 3.66. The van der Waals surface area contributed by atoms with Gasteiger partial charge in [0.25, 0.3) is 0 Å². The Hall–Kier alpha value is -1.20. The SMILES string of the molecule is CC1(F)C(=O)C(F)=C(F)C(=O)C1(C)F. The Morgan fingerprint density at radius 3 is 1.29 bits per heavy atom. The van der Waals surface area contributed by atoms with Crippen LogP contribution in [-0.2, 0) is 9.59 Å². The molecule has 0 aromatic heterocycles. The van der Waals surface area contributed by atoms with Crippen LogP contribution in [0.4, 0.5) is 17.6 Å². The van der Waals surface area contributed by atoms with E-state index < -0.39 is 34.6 Å². The van der Waals surface area contributed by atoms with Gasteiger partial charge in [-0.05, 0) is 13.8 Å². The van der Waals surface area contributed by atoms with Crippen LogP contribution in [0.25, 0.3) is 0 Å². The van der Waals surface area contributed by atoms with Crippen molar-refractivity contribution < 1.29 is 27.2 Å². The number of rotatable bonds is 0. The van der Waals surface area contributed by atoms with Crippen molar-refractivity contribution in [3.05, 3.63) is 11.7 Å². The van der Waals surface area contributed by atoms with Crippen molar-refractivity contribution in [3.8, 4) is 0 Å². The van der Waals surface area contributed by atoms with E-state index >= 15 is 0 Å². The van der Waals surface area contributed by atoms with Gasteiger partial charge in [0.15, 0.2) is 0 Å². The first kappa shape index (κ1) is 10.9. The van der Waals surface area contributed by atoms with Gasteiger partial charge in [0.1, 0.15) is 0 Å². The van der Waals surface area contributed by atoms with Gasteiger partial charge in [-0.15, -0.1) is 0 Å². The van der Waals surface area contributed by atoms with Gasteiger partial charge < -0.3 is 0 Å². The summed E-state index contributed by atoms with van der Waals surface area (Å²) >= 11 is 0. The van der Waals surface area contributed by atoms with E-state index in [1.807, 2.05) is 0 Å². The Kier molecular flexibility index (Phi) is 2.06. The summed E-state index contributed by atoms with van der Waals surface area (Å²) in [5, 5.41) is 0. The third-order valence-electron chi connectivity index (χ3n) is 2.33. The maximum absolute atomic E-state index is 13.3. The quantitative estimate of drug-likeness (QED) is 0.571. The maximum Gasteiger partial charge on any atom is 0.234 e. The van der Waals surface area contributed by atoms with Crippen LogP contribution in [-0.4, -0.2) is 22.9 Å². The molecule has 0 aromatic rings. The minimum absolute atomic E-state index is 0.402. The summed E-state index contributed by atoms with van der Waals surface area (Å²) in [5.74, 6) is -8.29. The molecule has 0 saturated carbocycles. The number of alkyl halides is 2. The molecule has 0 aromatic carbocycles. The molecule has 0 saturated heterocycles. The fourth-order valence-corrected chi connectivity index (χ4v) is 1.04. The van der Waals surface area contributed by atoms with Crippen molar-refractivity contribution in [3.63, 3.8) is 0 Å². The van der Waals surface area contributed by atoms with Crippen LogP contribution in [0.5, 0.6) is 0 Å². The molecule has 0 bridgehead atoms. The van der Waals surface area contributed by atoms with Gasteiger partial charge in [-0.2, -0.15) is 8.78 Å². The number of halogens is 4. The van der Waals surface area contributed by atoms with Crippen LogP contribution in [0.15, 0.2) is 11.7 Å². The van der Waals surface area contributed by atoms with Gasteiger partial charge in [0, 0.05) is 0 Å². The van der Waals surface area contributed by atoms with Crippen molar-refractivity contribution in [2.75, 3.05) is 0 Å². The predicted molar refractivity (Wildman–Crippen MR) is 38.3 cm³/mol. The highest BCUT2D eigenvalue weighted by Crippen LogP contribution is 2.41. The Morgan fingerprint density at radius 2 is 1.07 bits per heavy atom. The van der Waals surface area contributed by atoms with Crippen LogP contribution in [0.3, 0.4) is 0 Å². The molecule has 0 heterocycles. The number of carbonyl (C=O) groups excluding carboxylic acids is 2. The molecule has 0 radical (unpaired) electrons. The smallest absolute Gasteiger partial charge is 0.234 e. The molecule has 1 aliphatic carbocycles. The molecular weight excluding hydrogens is 204 g/mol. The van der Waals surface area contributed by atoms with Crippen LogP contribution >= 0.6 is 0 Å². The lowest BCUT2D eigenvalue weighted by Gasteiger charge is -2.33. The second kappa shape index (κ2) is 2.65. The Balaban J connectivity index is 3.47. The predicted octanol–water partition coefficient (Wildman–Crippen LogP) is 1.75. The van der Waals surface area contributed by atoms with Gasteiger partial charge in [-0.3, -0.25) is 9.59 Å². The van der Waals surface area contributed by atoms with Gasteiger partial charge in [-0.25, -0.2) is 8.78 Å². The zero-order valence-corrected chi connectivity index (χ0v) is 7.33. The van der Waals surface area contributed by atoms with Crippen LogP contribution in [0, 0.1) is 0 Å². The number of ketones is 2. The van der Waals surface area contributed by atoms with E-state index in [2.05, 4.69) is 0 Å². The minimum Gasteiger partial charge on any atom is -0.288 e. The largest absolute Gasteiger partial charge is 0.288 e. The highest BCUT2D eigenvalue weighted by molar-refractivity contribution is 6.17. The highest BCUT2D eigenvalue weighted by Gasteiger charge is 2.63. The molecule has 0 amide bonds. The summed E-state index contributed by atoms with van der Waals surface area (Å²) in [5.41, 5.74) is -6.74. The van der Waals surface area contributed by atoms with E-state index in [1.54, 1.807) is 0 Å². The molecule has 1 aliphatic rings. The second-order valence-corrected chi connectivity index (χ2v) is 3.29. The summed E-state index contributed by atoms with van der Waals surface area (Å²) in [6.45, 7) is 0.804. The average Bonchev–Trinajstić information content (AvgIpc) is 2.10. The third-order valence-corrected chi connectivity index (χ3v) is 2.33. The summed E-state index contributed by atoms with van der Waals surface area (Å²) < 4.78 is 51.8. The fourth-order valence-electron chi connectivity index (χ4n) is 1.04. The Bertz CT molecular complexity index is 320. The summed E-state index contributed by atoms with van der Waals surface area (Å²) in [4.78, 5) is 21.6. The fraction of sp³-hybridized carbons (Fsp3) is 0.500. The molecular formula is C8H6F4O2. The van der Waals surface area contributed by atoms with Gasteiger partial charge in [-0.1, -0.05) is 0 Å². The summed E-state index contributed by atoms with van der Waals surface area (Å²) in [6, 6.07) is 0. The topological polar surface area (TPSA) is 34.1 Å². The van der Waals surface area contributed by atoms with Crippen LogP contribution in [0.1, 0.15) is 13.8 Å². The molecule has 6 heteroatoms. The first-order chi connectivity index (χ1) is 6.14. The minimum atomic E-state index is -3.37. The molecule has 0 aliphatic heterocycles. The second-order valence-electron chi connectivity index (χ2n) is 3.29. The first-order valence-corrected chi connectivity index (χ1v) is 3.66. The van der Waals surface area contributed by atoms with E-state index in [0.717, 1.165) is 0 Å². The molecule has 78 valence electrons. The average molecular weight is 210 g/mol. The monoisotopic (exact) mass is 210 g/mol. The van der Waals surface area contributed by atoms with Crippen molar-refractivity contribution in [1.82, 2.24) is 0 Å². The number of allylic oxidation sites excluding steroid dienone is 2. The van der Waals surface area contributed by atoms with Gasteiger partial charge >= 0.3 is 0 Å². The molecule has 2 atom stereocenters. The zero-order chi connectivity index (χ0) is 11.3. The van der Waals surface area contributed by atoms with E-state index in [4.69, 9.17) is 0 Å². The molecule has 2 nitrogen and oxygen atoms in total. The van der Waals surface area contributed by atoms with Crippen molar-refractivity contribution in [2.24, 2.45) is 0 Å². The van der Waals surface area contributed by atoms with Gasteiger partial charge in [0.2, 0.25) is 34.6 Å². The number of hydrogen-bond donors (Lipinski definition) is 0. The molecule has 0 N–H and O–H groups in total. The molecule has 0 spiro atoms. The van der Waals surface area contributed by atoms with E-state index in [1.165, 1.54) is 0 Å². The Labute approximate surface area is 76.6 Å². The Morgan fingerprint density at radius 1 is 0.857 bits per heavy atom. The normalized spacial score (nSPS) is 39.3. The van der Waals surface area contributed by atoms with Gasteiger partial charge in [0.05, 0.1) is 0 Å². The van der Waals surface area contributed by atoms with Crippen LogP contribution in [0.2, 0.25) is 0 Å². The standard InChI is InChI=1S/C8H6F4O2/c1-7(11)5(13)3(9)4(10)6(14)8(7,2)12/h1-2H3. The maximum atomic E-state index is 13.3. The van der Waals surface area contributed by atoms with Crippen LogP contribution < -0.4 is 0 Å². The van der Waals surface area contributed by atoms with E-state index in [0.29, 0.717) is 13.8 Å². The van der Waals surface area contributed by atoms with Crippen molar-refractivity contribution in [1.29, 1.82) is 0 Å². The van der Waals surface area contributed by atoms with E-state index in [-0.39, 0.29) is 0 Å². The molecule has 14 heavy (non-hydrogen) atoms. The highest BCUT2D eigenvalue weighted by atomic mass is 19.2. The summed E-state index contributed by atoms with van der Waals surface area (Å²) in [6.07, 6.45) is 0. The van der Waals surface area contributed by atoms with Crippen molar-refractivity contribution >= 4 is 11.6 Å². The van der Waals surface area contributed by atoms with Crippen molar-refractivity contribution in [2.45, 2.75) is 25.2 Å². The lowest BCUT2D eigenvalue weighted by atomic mass is 9.77. The zero-order valence-electron chi connectivity index (χ0n) is 7.33. The molecule has 0 fully saturated rings. The number of Topliss-reactive ketones (excluding diaryl/α,β-unsaturated/α-hetero) is 2. The summed E-state index contributed by atoms with van der Waals surface area (Å²) in [7, 11) is 0. The lowest BCUT2D eigenvalue weighted by Crippen LogP contribution is -2.57. The number of hydrogen-bond acceptors (Lipinski definition) is 2. The lowest BCUT2D eigenvalue weighted by molar-refractivity contribution is -0.152. The third kappa shape index (κ3) is 1.03. The number of carbonyl (C=O) groups is 2. The van der Waals surface area contributed by atoms with E-state index in [9.17, 15) is 27.2 Å². The molecule has 2 unspecified atom stereocenters. The molecule has 1 rings (SSSR count).